The first-order valence-electron chi connectivity index (χ1n) is 8.85. The number of nitrogens with zero attached hydrogens (tertiary/aromatic N) is 3. The molecule has 138 valence electrons. The van der Waals surface area contributed by atoms with Crippen LogP contribution >= 0.6 is 0 Å². The van der Waals surface area contributed by atoms with E-state index in [1.807, 2.05) is 13.0 Å². The van der Waals surface area contributed by atoms with Gasteiger partial charge in [0.1, 0.15) is 12.6 Å². The van der Waals surface area contributed by atoms with E-state index in [9.17, 15) is 14.4 Å². The highest BCUT2D eigenvalue weighted by molar-refractivity contribution is 6.22. The number of carbonyl (C=O) groups is 3. The van der Waals surface area contributed by atoms with E-state index in [1.54, 1.807) is 41.4 Å². The molecule has 1 saturated heterocycles. The Labute approximate surface area is 156 Å². The van der Waals surface area contributed by atoms with E-state index < -0.39 is 11.8 Å². The summed E-state index contributed by atoms with van der Waals surface area (Å²) in [7, 11) is 0. The lowest BCUT2D eigenvalue weighted by atomic mass is 10.1. The zero-order valence-corrected chi connectivity index (χ0v) is 14.9. The van der Waals surface area contributed by atoms with E-state index >= 15 is 0 Å². The monoisotopic (exact) mass is 365 g/mol. The third-order valence-corrected chi connectivity index (χ3v) is 4.84. The molecule has 0 aliphatic carbocycles. The maximum Gasteiger partial charge on any atom is 0.262 e. The molecule has 7 nitrogen and oxygen atoms in total. The van der Waals surface area contributed by atoms with Gasteiger partial charge in [-0.1, -0.05) is 18.2 Å². The molecule has 7 heteroatoms. The number of hydrogen-bond acceptors (Lipinski definition) is 5. The second kappa shape index (κ2) is 6.83. The smallest absolute Gasteiger partial charge is 0.262 e. The van der Waals surface area contributed by atoms with Gasteiger partial charge in [-0.3, -0.25) is 19.3 Å². The molecule has 0 N–H and O–H groups in total. The second-order valence-corrected chi connectivity index (χ2v) is 6.78. The standard InChI is InChI=1S/C20H19N3O4/c1-13-6-7-17(21-10-13)27-14-8-9-22(11-14)18(24)12-23-19(25)15-4-2-3-5-16(15)20(23)26/h2-7,10,14H,8-9,11-12H2,1H3. The quantitative estimate of drug-likeness (QED) is 0.770. The van der Waals surface area contributed by atoms with Crippen molar-refractivity contribution in [2.75, 3.05) is 19.6 Å². The van der Waals surface area contributed by atoms with Crippen molar-refractivity contribution in [2.24, 2.45) is 0 Å². The third-order valence-electron chi connectivity index (χ3n) is 4.84. The summed E-state index contributed by atoms with van der Waals surface area (Å²) in [6.07, 6.45) is 2.27. The van der Waals surface area contributed by atoms with Gasteiger partial charge in [-0.15, -0.1) is 0 Å². The topological polar surface area (TPSA) is 79.8 Å². The number of imide groups is 1. The zero-order valence-electron chi connectivity index (χ0n) is 14.9. The van der Waals surface area contributed by atoms with Crippen molar-refractivity contribution in [3.63, 3.8) is 0 Å². The highest BCUT2D eigenvalue weighted by Crippen LogP contribution is 2.23. The molecule has 0 radical (unpaired) electrons. The summed E-state index contributed by atoms with van der Waals surface area (Å²) in [5.41, 5.74) is 1.75. The number of aromatic nitrogens is 1. The number of hydrogen-bond donors (Lipinski definition) is 0. The van der Waals surface area contributed by atoms with Crippen LogP contribution in [0.3, 0.4) is 0 Å². The molecular weight excluding hydrogens is 346 g/mol. The van der Waals surface area contributed by atoms with Gasteiger partial charge >= 0.3 is 0 Å². The van der Waals surface area contributed by atoms with Crippen molar-refractivity contribution >= 4 is 17.7 Å². The van der Waals surface area contributed by atoms with Gasteiger partial charge in [0.2, 0.25) is 11.8 Å². The second-order valence-electron chi connectivity index (χ2n) is 6.78. The Morgan fingerprint density at radius 1 is 1.15 bits per heavy atom. The lowest BCUT2D eigenvalue weighted by Gasteiger charge is -2.20. The number of amides is 3. The van der Waals surface area contributed by atoms with Crippen LogP contribution in [0, 0.1) is 6.92 Å². The lowest BCUT2D eigenvalue weighted by Crippen LogP contribution is -2.42. The van der Waals surface area contributed by atoms with E-state index in [4.69, 9.17) is 4.74 Å². The highest BCUT2D eigenvalue weighted by atomic mass is 16.5. The van der Waals surface area contributed by atoms with Crippen molar-refractivity contribution in [2.45, 2.75) is 19.4 Å². The summed E-state index contributed by atoms with van der Waals surface area (Å²) in [5.74, 6) is -0.563. The Morgan fingerprint density at radius 3 is 2.48 bits per heavy atom. The maximum absolute atomic E-state index is 12.6. The van der Waals surface area contributed by atoms with Gasteiger partial charge in [-0.05, 0) is 24.6 Å². The number of likely N-dealkylation sites (tertiary alicyclic amines) is 1. The maximum atomic E-state index is 12.6. The summed E-state index contributed by atoms with van der Waals surface area (Å²) < 4.78 is 5.82. The first kappa shape index (κ1) is 17.2. The fraction of sp³-hybridized carbons (Fsp3) is 0.300. The SMILES string of the molecule is Cc1ccc(OC2CCN(C(=O)CN3C(=O)c4ccccc4C3=O)C2)nc1. The minimum absolute atomic E-state index is 0.147. The molecule has 1 aromatic carbocycles. The molecule has 1 unspecified atom stereocenters. The van der Waals surface area contributed by atoms with E-state index in [-0.39, 0.29) is 18.6 Å². The zero-order chi connectivity index (χ0) is 19.0. The predicted octanol–water partition coefficient (Wildman–Crippen LogP) is 1.67. The van der Waals surface area contributed by atoms with Crippen LogP contribution in [0.2, 0.25) is 0 Å². The molecule has 1 atom stereocenters. The lowest BCUT2D eigenvalue weighted by molar-refractivity contribution is -0.130. The first-order chi connectivity index (χ1) is 13.0. The first-order valence-corrected chi connectivity index (χ1v) is 8.85. The molecule has 1 fully saturated rings. The van der Waals surface area contributed by atoms with Gasteiger partial charge in [-0.25, -0.2) is 4.98 Å². The normalized spacial score (nSPS) is 18.8. The predicted molar refractivity (Wildman–Crippen MR) is 96.4 cm³/mol. The van der Waals surface area contributed by atoms with Gasteiger partial charge in [0.05, 0.1) is 17.7 Å². The van der Waals surface area contributed by atoms with Crippen LogP contribution in [-0.2, 0) is 4.79 Å². The summed E-state index contributed by atoms with van der Waals surface area (Å²) in [6.45, 7) is 2.64. The fourth-order valence-corrected chi connectivity index (χ4v) is 3.36. The summed E-state index contributed by atoms with van der Waals surface area (Å²) >= 11 is 0. The van der Waals surface area contributed by atoms with Gasteiger partial charge in [-0.2, -0.15) is 0 Å². The van der Waals surface area contributed by atoms with Gasteiger partial charge < -0.3 is 9.64 Å². The third kappa shape index (κ3) is 3.28. The molecule has 4 rings (SSSR count). The minimum Gasteiger partial charge on any atom is -0.472 e. The molecule has 2 aliphatic rings. The van der Waals surface area contributed by atoms with E-state index in [2.05, 4.69) is 4.98 Å². The van der Waals surface area contributed by atoms with E-state index in [0.717, 1.165) is 10.5 Å². The van der Waals surface area contributed by atoms with Crippen LogP contribution in [0.1, 0.15) is 32.7 Å². The van der Waals surface area contributed by atoms with Crippen LogP contribution in [0.5, 0.6) is 5.88 Å². The Kier molecular flexibility index (Phi) is 4.35. The van der Waals surface area contributed by atoms with Crippen molar-refractivity contribution < 1.29 is 19.1 Å². The van der Waals surface area contributed by atoms with Crippen LogP contribution < -0.4 is 4.74 Å². The number of aryl methyl sites for hydroxylation is 1. The molecule has 0 spiro atoms. The molecule has 0 bridgehead atoms. The number of ether oxygens (including phenoxy) is 1. The van der Waals surface area contributed by atoms with Crippen LogP contribution in [0.4, 0.5) is 0 Å². The molecule has 2 aliphatic heterocycles. The molecular formula is C20H19N3O4. The minimum atomic E-state index is -0.417. The van der Waals surface area contributed by atoms with Crippen LogP contribution in [0.15, 0.2) is 42.6 Å². The van der Waals surface area contributed by atoms with Gasteiger partial charge in [0, 0.05) is 25.2 Å². The summed E-state index contributed by atoms with van der Waals surface area (Å²) in [4.78, 5) is 44.2. The molecule has 3 amide bonds. The Morgan fingerprint density at radius 2 is 1.85 bits per heavy atom. The van der Waals surface area contributed by atoms with Crippen molar-refractivity contribution in [1.82, 2.24) is 14.8 Å². The number of benzene rings is 1. The van der Waals surface area contributed by atoms with Gasteiger partial charge in [0.25, 0.3) is 11.8 Å². The average Bonchev–Trinajstić information content (AvgIpc) is 3.23. The molecule has 0 saturated carbocycles. The number of fused-ring (bicyclic) bond motifs is 1. The number of pyridine rings is 1. The summed E-state index contributed by atoms with van der Waals surface area (Å²) in [6, 6.07) is 10.3. The molecule has 1 aromatic heterocycles. The number of carbonyl (C=O) groups excluding carboxylic acids is 3. The van der Waals surface area contributed by atoms with Crippen molar-refractivity contribution in [3.8, 4) is 5.88 Å². The Balaban J connectivity index is 1.36. The Hall–Kier alpha value is -3.22. The molecule has 27 heavy (non-hydrogen) atoms. The fourth-order valence-electron chi connectivity index (χ4n) is 3.36. The van der Waals surface area contributed by atoms with Gasteiger partial charge in [0.15, 0.2) is 0 Å². The highest BCUT2D eigenvalue weighted by Gasteiger charge is 2.38. The molecule has 3 heterocycles. The Bertz CT molecular complexity index is 875. The van der Waals surface area contributed by atoms with E-state index in [0.29, 0.717) is 36.5 Å². The number of rotatable bonds is 4. The van der Waals surface area contributed by atoms with E-state index in [1.165, 1.54) is 0 Å². The van der Waals surface area contributed by atoms with Crippen LogP contribution in [-0.4, -0.2) is 58.2 Å². The van der Waals surface area contributed by atoms with Crippen molar-refractivity contribution in [3.05, 3.63) is 59.3 Å². The average molecular weight is 365 g/mol. The summed E-state index contributed by atoms with van der Waals surface area (Å²) in [5, 5.41) is 0. The molecule has 2 aromatic rings. The van der Waals surface area contributed by atoms with Crippen molar-refractivity contribution in [1.29, 1.82) is 0 Å². The largest absolute Gasteiger partial charge is 0.472 e. The van der Waals surface area contributed by atoms with Crippen LogP contribution in [0.25, 0.3) is 0 Å².